The maximum atomic E-state index is 11.8. The van der Waals surface area contributed by atoms with Crippen LogP contribution in [0, 0.1) is 0 Å². The predicted molar refractivity (Wildman–Crippen MR) is 73.2 cm³/mol. The Labute approximate surface area is 108 Å². The molecule has 1 N–H and O–H groups in total. The number of nitrogens with one attached hydrogen (secondary N) is 1. The number of carbonyl (C=O) groups excluding carboxylic acids is 1. The zero-order chi connectivity index (χ0) is 13.8. The Kier molecular flexibility index (Phi) is 4.72. The van der Waals surface area contributed by atoms with Gasteiger partial charge in [-0.1, -0.05) is 6.92 Å². The van der Waals surface area contributed by atoms with E-state index in [9.17, 15) is 13.2 Å². The van der Waals surface area contributed by atoms with Gasteiger partial charge in [-0.25, -0.2) is 8.42 Å². The Balaban J connectivity index is 2.88. The molecule has 0 atom stereocenters. The third kappa shape index (κ3) is 3.73. The second-order valence-electron chi connectivity index (χ2n) is 4.01. The number of amides is 1. The molecular weight excluding hydrogens is 252 g/mol. The van der Waals surface area contributed by atoms with E-state index in [2.05, 4.69) is 5.32 Å². The molecule has 0 aromatic heterocycles. The Morgan fingerprint density at radius 1 is 1.28 bits per heavy atom. The predicted octanol–water partition coefficient (Wildman–Crippen LogP) is 1.82. The van der Waals surface area contributed by atoms with Gasteiger partial charge in [0.25, 0.3) is 0 Å². The molecule has 1 aromatic rings. The second kappa shape index (κ2) is 5.86. The smallest absolute Gasteiger partial charge is 0.234 e. The summed E-state index contributed by atoms with van der Waals surface area (Å²) in [6.07, 6.45) is 0.580. The van der Waals surface area contributed by atoms with Gasteiger partial charge in [-0.15, -0.1) is 0 Å². The van der Waals surface area contributed by atoms with E-state index in [0.717, 1.165) is 0 Å². The van der Waals surface area contributed by atoms with Crippen molar-refractivity contribution in [1.82, 2.24) is 0 Å². The fourth-order valence-electron chi connectivity index (χ4n) is 1.51. The zero-order valence-electron chi connectivity index (χ0n) is 10.8. The molecule has 6 heteroatoms. The van der Waals surface area contributed by atoms with Crippen molar-refractivity contribution in [3.8, 4) is 0 Å². The maximum absolute atomic E-state index is 11.8. The van der Waals surface area contributed by atoms with Gasteiger partial charge >= 0.3 is 0 Å². The van der Waals surface area contributed by atoms with E-state index in [1.165, 1.54) is 18.3 Å². The van der Waals surface area contributed by atoms with Crippen molar-refractivity contribution >= 4 is 27.3 Å². The fourth-order valence-corrected chi connectivity index (χ4v) is 2.75. The van der Waals surface area contributed by atoms with Gasteiger partial charge in [-0.2, -0.15) is 0 Å². The minimum atomic E-state index is -3.25. The lowest BCUT2D eigenvalue weighted by atomic mass is 10.3. The molecule has 0 aliphatic rings. The van der Waals surface area contributed by atoms with E-state index in [1.807, 2.05) is 6.92 Å². The Hall–Kier alpha value is -1.56. The van der Waals surface area contributed by atoms with Crippen LogP contribution in [-0.4, -0.2) is 27.1 Å². The van der Waals surface area contributed by atoms with Crippen LogP contribution in [0.15, 0.2) is 24.3 Å². The van der Waals surface area contributed by atoms with Crippen molar-refractivity contribution < 1.29 is 13.2 Å². The molecule has 0 unspecified atom stereocenters. The van der Waals surface area contributed by atoms with Crippen molar-refractivity contribution in [1.29, 1.82) is 0 Å². The van der Waals surface area contributed by atoms with Crippen molar-refractivity contribution in [2.24, 2.45) is 0 Å². The molecule has 0 aliphatic carbocycles. The number of nitrogens with zero attached hydrogens (tertiary/aromatic N) is 1. The first kappa shape index (κ1) is 14.5. The van der Waals surface area contributed by atoms with E-state index >= 15 is 0 Å². The normalized spacial score (nSPS) is 11.1. The third-order valence-corrected chi connectivity index (χ3v) is 4.40. The molecule has 0 saturated carbocycles. The van der Waals surface area contributed by atoms with Gasteiger partial charge in [0, 0.05) is 19.7 Å². The summed E-state index contributed by atoms with van der Waals surface area (Å²) in [6.45, 7) is 3.25. The van der Waals surface area contributed by atoms with E-state index in [4.69, 9.17) is 0 Å². The van der Waals surface area contributed by atoms with Gasteiger partial charge in [0.2, 0.25) is 15.9 Å². The monoisotopic (exact) mass is 270 g/mol. The van der Waals surface area contributed by atoms with Gasteiger partial charge in [-0.05, 0) is 30.7 Å². The summed E-state index contributed by atoms with van der Waals surface area (Å²) >= 11 is 0. The van der Waals surface area contributed by atoms with Crippen molar-refractivity contribution in [2.45, 2.75) is 20.3 Å². The lowest BCUT2D eigenvalue weighted by Crippen LogP contribution is -2.28. The SMILES string of the molecule is CCCS(=O)(=O)N(C)c1ccc(NC(C)=O)cc1. The molecule has 0 heterocycles. The molecule has 0 spiro atoms. The summed E-state index contributed by atoms with van der Waals surface area (Å²) in [4.78, 5) is 10.9. The molecule has 100 valence electrons. The molecular formula is C12H18N2O3S. The minimum Gasteiger partial charge on any atom is -0.326 e. The molecule has 0 fully saturated rings. The topological polar surface area (TPSA) is 66.5 Å². The highest BCUT2D eigenvalue weighted by Crippen LogP contribution is 2.19. The number of carbonyl (C=O) groups is 1. The highest BCUT2D eigenvalue weighted by molar-refractivity contribution is 7.92. The van der Waals surface area contributed by atoms with Crippen molar-refractivity contribution in [2.75, 3.05) is 22.4 Å². The highest BCUT2D eigenvalue weighted by atomic mass is 32.2. The summed E-state index contributed by atoms with van der Waals surface area (Å²) < 4.78 is 25.0. The van der Waals surface area contributed by atoms with Crippen LogP contribution in [0.3, 0.4) is 0 Å². The third-order valence-electron chi connectivity index (χ3n) is 2.43. The first-order valence-electron chi connectivity index (χ1n) is 5.71. The average molecular weight is 270 g/mol. The van der Waals surface area contributed by atoms with E-state index in [1.54, 1.807) is 24.3 Å². The molecule has 18 heavy (non-hydrogen) atoms. The summed E-state index contributed by atoms with van der Waals surface area (Å²) in [5.74, 6) is -0.0357. The first-order valence-corrected chi connectivity index (χ1v) is 7.32. The van der Waals surface area contributed by atoms with Gasteiger partial charge in [0.15, 0.2) is 0 Å². The van der Waals surface area contributed by atoms with Crippen LogP contribution in [0.4, 0.5) is 11.4 Å². The lowest BCUT2D eigenvalue weighted by Gasteiger charge is -2.19. The van der Waals surface area contributed by atoms with Gasteiger partial charge in [0.1, 0.15) is 0 Å². The molecule has 0 saturated heterocycles. The highest BCUT2D eigenvalue weighted by Gasteiger charge is 2.16. The van der Waals surface area contributed by atoms with Crippen LogP contribution in [0.5, 0.6) is 0 Å². The summed E-state index contributed by atoms with van der Waals surface area (Å²) in [5.41, 5.74) is 1.23. The van der Waals surface area contributed by atoms with Crippen LogP contribution in [-0.2, 0) is 14.8 Å². The van der Waals surface area contributed by atoms with Crippen LogP contribution >= 0.6 is 0 Å². The molecule has 1 rings (SSSR count). The molecule has 0 aliphatic heterocycles. The number of sulfonamides is 1. The van der Waals surface area contributed by atoms with Crippen LogP contribution < -0.4 is 9.62 Å². The summed E-state index contributed by atoms with van der Waals surface area (Å²) in [7, 11) is -1.73. The van der Waals surface area contributed by atoms with Crippen molar-refractivity contribution in [3.05, 3.63) is 24.3 Å². The van der Waals surface area contributed by atoms with Gasteiger partial charge in [0.05, 0.1) is 11.4 Å². The Morgan fingerprint density at radius 2 is 1.83 bits per heavy atom. The quantitative estimate of drug-likeness (QED) is 0.887. The van der Waals surface area contributed by atoms with Gasteiger partial charge < -0.3 is 5.32 Å². The second-order valence-corrected chi connectivity index (χ2v) is 6.13. The molecule has 1 aromatic carbocycles. The average Bonchev–Trinajstić information content (AvgIpc) is 2.28. The summed E-state index contributed by atoms with van der Waals surface area (Å²) in [6, 6.07) is 6.68. The number of rotatable bonds is 5. The molecule has 0 bridgehead atoms. The van der Waals surface area contributed by atoms with E-state index in [0.29, 0.717) is 17.8 Å². The molecule has 5 nitrogen and oxygen atoms in total. The van der Waals surface area contributed by atoms with E-state index < -0.39 is 10.0 Å². The first-order chi connectivity index (χ1) is 8.36. The zero-order valence-corrected chi connectivity index (χ0v) is 11.6. The Morgan fingerprint density at radius 3 is 2.28 bits per heavy atom. The van der Waals surface area contributed by atoms with Gasteiger partial charge in [-0.3, -0.25) is 9.10 Å². The minimum absolute atomic E-state index is 0.122. The standard InChI is InChI=1S/C12H18N2O3S/c1-4-9-18(16,17)14(3)12-7-5-11(6-8-12)13-10(2)15/h5-8H,4,9H2,1-3H3,(H,13,15). The summed E-state index contributed by atoms with van der Waals surface area (Å²) in [5, 5.41) is 2.63. The maximum Gasteiger partial charge on any atom is 0.234 e. The van der Waals surface area contributed by atoms with Crippen LogP contribution in [0.25, 0.3) is 0 Å². The van der Waals surface area contributed by atoms with Crippen LogP contribution in [0.1, 0.15) is 20.3 Å². The van der Waals surface area contributed by atoms with Crippen molar-refractivity contribution in [3.63, 3.8) is 0 Å². The number of hydrogen-bond donors (Lipinski definition) is 1. The molecule has 1 amide bonds. The number of benzene rings is 1. The number of hydrogen-bond acceptors (Lipinski definition) is 3. The lowest BCUT2D eigenvalue weighted by molar-refractivity contribution is -0.114. The fraction of sp³-hybridized carbons (Fsp3) is 0.417. The number of anilines is 2. The van der Waals surface area contributed by atoms with E-state index in [-0.39, 0.29) is 11.7 Å². The van der Waals surface area contributed by atoms with Crippen LogP contribution in [0.2, 0.25) is 0 Å². The largest absolute Gasteiger partial charge is 0.326 e. The Bertz CT molecular complexity index is 509. The molecule has 0 radical (unpaired) electrons.